The van der Waals surface area contributed by atoms with E-state index in [0.717, 1.165) is 0 Å². The summed E-state index contributed by atoms with van der Waals surface area (Å²) in [6.45, 7) is 0. The summed E-state index contributed by atoms with van der Waals surface area (Å²) in [5, 5.41) is 2.84. The molecule has 0 aliphatic heterocycles. The molecule has 0 saturated heterocycles. The zero-order valence-electron chi connectivity index (χ0n) is 9.04. The highest BCUT2D eigenvalue weighted by Gasteiger charge is 2.12. The number of benzene rings is 1. The summed E-state index contributed by atoms with van der Waals surface area (Å²) in [6, 6.07) is 11.9. The van der Waals surface area contributed by atoms with E-state index in [-0.39, 0.29) is 17.9 Å². The van der Waals surface area contributed by atoms with Gasteiger partial charge in [-0.1, -0.05) is 18.2 Å². The zero-order valence-corrected chi connectivity index (χ0v) is 9.04. The van der Waals surface area contributed by atoms with Gasteiger partial charge in [-0.2, -0.15) is 0 Å². The third kappa shape index (κ3) is 2.60. The fourth-order valence-corrected chi connectivity index (χ4v) is 1.55. The van der Waals surface area contributed by atoms with E-state index in [1.165, 1.54) is 6.07 Å². The first-order chi connectivity index (χ1) is 8.31. The molecule has 1 aromatic heterocycles. The van der Waals surface area contributed by atoms with Crippen molar-refractivity contribution in [2.24, 2.45) is 5.18 Å². The summed E-state index contributed by atoms with van der Waals surface area (Å²) in [7, 11) is 0. The first-order valence-corrected chi connectivity index (χ1v) is 5.17. The third-order valence-electron chi connectivity index (χ3n) is 2.37. The smallest absolute Gasteiger partial charge is 0.171 e. The molecule has 1 aromatic carbocycles. The average molecular weight is 226 g/mol. The maximum absolute atomic E-state index is 12.0. The lowest BCUT2D eigenvalue weighted by atomic mass is 10.0. The summed E-state index contributed by atoms with van der Waals surface area (Å²) < 4.78 is 0. The number of carbonyl (C=O) groups excluding carboxylic acids is 1. The number of pyridine rings is 1. The third-order valence-corrected chi connectivity index (χ3v) is 2.37. The molecule has 2 rings (SSSR count). The van der Waals surface area contributed by atoms with Crippen LogP contribution in [0.3, 0.4) is 0 Å². The SMILES string of the molecule is O=Nc1ccccc1C(=O)Cc1ccccn1. The van der Waals surface area contributed by atoms with Crippen molar-refractivity contribution < 1.29 is 4.79 Å². The molecule has 2 aromatic rings. The van der Waals surface area contributed by atoms with Crippen molar-refractivity contribution in [3.05, 3.63) is 64.8 Å². The molecule has 0 N–H and O–H groups in total. The van der Waals surface area contributed by atoms with Gasteiger partial charge in [-0.05, 0) is 29.4 Å². The average Bonchev–Trinajstić information content (AvgIpc) is 2.40. The Balaban J connectivity index is 2.23. The van der Waals surface area contributed by atoms with Crippen LogP contribution in [0.1, 0.15) is 16.1 Å². The summed E-state index contributed by atoms with van der Waals surface area (Å²) in [5.74, 6) is -0.154. The van der Waals surface area contributed by atoms with Crippen LogP contribution in [0.25, 0.3) is 0 Å². The number of rotatable bonds is 4. The predicted molar refractivity (Wildman–Crippen MR) is 64.2 cm³/mol. The zero-order chi connectivity index (χ0) is 12.1. The van der Waals surface area contributed by atoms with E-state index in [9.17, 15) is 9.70 Å². The molecule has 84 valence electrons. The number of carbonyl (C=O) groups is 1. The topological polar surface area (TPSA) is 59.4 Å². The number of hydrogen-bond donors (Lipinski definition) is 0. The Morgan fingerprint density at radius 3 is 2.59 bits per heavy atom. The van der Waals surface area contributed by atoms with Crippen molar-refractivity contribution in [1.82, 2.24) is 4.98 Å². The van der Waals surface area contributed by atoms with Crippen molar-refractivity contribution in [1.29, 1.82) is 0 Å². The molecule has 0 radical (unpaired) electrons. The monoisotopic (exact) mass is 226 g/mol. The van der Waals surface area contributed by atoms with Crippen LogP contribution in [-0.2, 0) is 6.42 Å². The number of nitrogens with zero attached hydrogens (tertiary/aromatic N) is 2. The van der Waals surface area contributed by atoms with Gasteiger partial charge in [0.2, 0.25) is 0 Å². The molecule has 0 atom stereocenters. The van der Waals surface area contributed by atoms with Gasteiger partial charge in [-0.25, -0.2) is 0 Å². The Kier molecular flexibility index (Phi) is 3.35. The molecule has 1 heterocycles. The Morgan fingerprint density at radius 2 is 1.88 bits per heavy atom. The minimum atomic E-state index is -0.154. The van der Waals surface area contributed by atoms with E-state index in [2.05, 4.69) is 10.2 Å². The van der Waals surface area contributed by atoms with Crippen LogP contribution in [0, 0.1) is 4.91 Å². The van der Waals surface area contributed by atoms with E-state index < -0.39 is 0 Å². The summed E-state index contributed by atoms with van der Waals surface area (Å²) in [5.41, 5.74) is 1.19. The van der Waals surface area contributed by atoms with Gasteiger partial charge in [0.05, 0.1) is 6.42 Å². The molecule has 0 saturated carbocycles. The Hall–Kier alpha value is -2.36. The lowest BCUT2D eigenvalue weighted by Gasteiger charge is -2.02. The molecular formula is C13H10N2O2. The van der Waals surface area contributed by atoms with Crippen molar-refractivity contribution in [3.63, 3.8) is 0 Å². The molecule has 0 amide bonds. The Bertz CT molecular complexity index is 538. The molecule has 0 unspecified atom stereocenters. The molecule has 4 heteroatoms. The molecule has 0 spiro atoms. The van der Waals surface area contributed by atoms with Gasteiger partial charge in [0.1, 0.15) is 5.69 Å². The first kappa shape index (κ1) is 11.1. The van der Waals surface area contributed by atoms with E-state index >= 15 is 0 Å². The van der Waals surface area contributed by atoms with Crippen LogP contribution < -0.4 is 0 Å². The Labute approximate surface area is 98.3 Å². The van der Waals surface area contributed by atoms with Crippen LogP contribution in [-0.4, -0.2) is 10.8 Å². The highest BCUT2D eigenvalue weighted by Crippen LogP contribution is 2.19. The molecule has 4 nitrogen and oxygen atoms in total. The van der Waals surface area contributed by atoms with Crippen LogP contribution in [0.2, 0.25) is 0 Å². The summed E-state index contributed by atoms with van der Waals surface area (Å²) in [6.07, 6.45) is 1.81. The number of ketones is 1. The maximum Gasteiger partial charge on any atom is 0.171 e. The lowest BCUT2D eigenvalue weighted by Crippen LogP contribution is -2.04. The van der Waals surface area contributed by atoms with E-state index in [4.69, 9.17) is 0 Å². The molecule has 17 heavy (non-hydrogen) atoms. The molecule has 0 fully saturated rings. The van der Waals surface area contributed by atoms with E-state index in [0.29, 0.717) is 11.3 Å². The highest BCUT2D eigenvalue weighted by atomic mass is 16.3. The number of aromatic nitrogens is 1. The van der Waals surface area contributed by atoms with Gasteiger partial charge < -0.3 is 0 Å². The largest absolute Gasteiger partial charge is 0.294 e. The van der Waals surface area contributed by atoms with Gasteiger partial charge in [-0.15, -0.1) is 4.91 Å². The number of hydrogen-bond acceptors (Lipinski definition) is 4. The molecule has 0 aliphatic rings. The standard InChI is InChI=1S/C13H10N2O2/c16-13(9-10-5-3-4-8-14-10)11-6-1-2-7-12(11)15-17/h1-8H,9H2. The second kappa shape index (κ2) is 5.12. The van der Waals surface area contributed by atoms with Crippen molar-refractivity contribution in [3.8, 4) is 0 Å². The van der Waals surface area contributed by atoms with Crippen LogP contribution in [0.15, 0.2) is 53.8 Å². The maximum atomic E-state index is 12.0. The predicted octanol–water partition coefficient (Wildman–Crippen LogP) is 2.90. The van der Waals surface area contributed by atoms with Crippen LogP contribution in [0.5, 0.6) is 0 Å². The lowest BCUT2D eigenvalue weighted by molar-refractivity contribution is 0.0992. The Morgan fingerprint density at radius 1 is 1.12 bits per heavy atom. The van der Waals surface area contributed by atoms with E-state index in [1.54, 1.807) is 36.5 Å². The van der Waals surface area contributed by atoms with Crippen LogP contribution >= 0.6 is 0 Å². The van der Waals surface area contributed by atoms with Crippen molar-refractivity contribution >= 4 is 11.5 Å². The number of Topliss-reactive ketones (excluding diaryl/α,β-unsaturated/α-hetero) is 1. The van der Waals surface area contributed by atoms with Crippen molar-refractivity contribution in [2.45, 2.75) is 6.42 Å². The first-order valence-electron chi connectivity index (χ1n) is 5.17. The fourth-order valence-electron chi connectivity index (χ4n) is 1.55. The van der Waals surface area contributed by atoms with Gasteiger partial charge in [0.15, 0.2) is 5.78 Å². The number of nitroso groups, excluding NO2 is 1. The van der Waals surface area contributed by atoms with Gasteiger partial charge in [-0.3, -0.25) is 9.78 Å². The van der Waals surface area contributed by atoms with E-state index in [1.807, 2.05) is 6.07 Å². The summed E-state index contributed by atoms with van der Waals surface area (Å²) >= 11 is 0. The normalized spacial score (nSPS) is 9.88. The second-order valence-corrected chi connectivity index (χ2v) is 3.53. The quantitative estimate of drug-likeness (QED) is 0.594. The van der Waals surface area contributed by atoms with Gasteiger partial charge in [0.25, 0.3) is 0 Å². The minimum Gasteiger partial charge on any atom is -0.294 e. The van der Waals surface area contributed by atoms with Gasteiger partial charge in [0, 0.05) is 17.5 Å². The second-order valence-electron chi connectivity index (χ2n) is 3.53. The molecular weight excluding hydrogens is 216 g/mol. The highest BCUT2D eigenvalue weighted by molar-refractivity contribution is 6.01. The fraction of sp³-hybridized carbons (Fsp3) is 0.0769. The minimum absolute atomic E-state index is 0.154. The summed E-state index contributed by atoms with van der Waals surface area (Å²) in [4.78, 5) is 26.6. The molecule has 0 bridgehead atoms. The van der Waals surface area contributed by atoms with Gasteiger partial charge >= 0.3 is 0 Å². The molecule has 0 aliphatic carbocycles. The van der Waals surface area contributed by atoms with Crippen molar-refractivity contribution in [2.75, 3.05) is 0 Å². The van der Waals surface area contributed by atoms with Crippen LogP contribution in [0.4, 0.5) is 5.69 Å².